The summed E-state index contributed by atoms with van der Waals surface area (Å²) >= 11 is 0. The average molecular weight is 1570 g/mol. The van der Waals surface area contributed by atoms with Crippen LogP contribution in [0.2, 0.25) is 0 Å². The Hall–Kier alpha value is -8.13. The Morgan fingerprint density at radius 2 is 0.566 bits per heavy atom. The smallest absolute Gasteiger partial charge is 0.323 e. The molecule has 0 saturated carbocycles. The Labute approximate surface area is 610 Å². The first-order valence-electron chi connectivity index (χ1n) is 32.1. The van der Waals surface area contributed by atoms with Gasteiger partial charge in [-0.15, -0.1) is 0 Å². The second kappa shape index (κ2) is 44.9. The maximum absolute atomic E-state index is 13.6. The van der Waals surface area contributed by atoms with Crippen LogP contribution in [-0.2, 0) is 40.5 Å². The highest BCUT2D eigenvalue weighted by molar-refractivity contribution is 7.91. The van der Waals surface area contributed by atoms with Gasteiger partial charge in [-0.1, -0.05) is 24.3 Å². The number of fused-ring (bicyclic) bond motifs is 4. The van der Waals surface area contributed by atoms with Crippen LogP contribution in [0, 0.1) is 0 Å². The van der Waals surface area contributed by atoms with E-state index < -0.39 is 79.3 Å². The number of benzene rings is 6. The molecule has 0 unspecified atom stereocenters. The van der Waals surface area contributed by atoms with Crippen LogP contribution < -0.4 is 21.5 Å². The third-order valence-electron chi connectivity index (χ3n) is 14.9. The van der Waals surface area contributed by atoms with E-state index in [9.17, 15) is 66.3 Å². The topological polar surface area (TPSA) is 597 Å². The van der Waals surface area contributed by atoms with Crippen molar-refractivity contribution in [3.8, 4) is 0 Å². The third kappa shape index (κ3) is 29.2. The molecule has 0 bridgehead atoms. The number of anilines is 4. The lowest BCUT2D eigenvalue weighted by Crippen LogP contribution is -2.32. The van der Waals surface area contributed by atoms with Crippen molar-refractivity contribution in [1.82, 2.24) is 19.6 Å². The number of carbonyl (C=O) groups excluding carboxylic acids is 3. The van der Waals surface area contributed by atoms with E-state index in [-0.39, 0.29) is 134 Å². The maximum Gasteiger partial charge on any atom is 0.323 e. The van der Waals surface area contributed by atoms with Gasteiger partial charge in [-0.2, -0.15) is 43.9 Å². The molecule has 0 atom stereocenters. The minimum absolute atomic E-state index is 0.0262. The summed E-state index contributed by atoms with van der Waals surface area (Å²) in [7, 11) is -19.1. The number of nitrogens with zero attached hydrogens (tertiary/aromatic N) is 6. The summed E-state index contributed by atoms with van der Waals surface area (Å²) in [5.74, 6) is -1.83. The molecule has 6 aromatic rings. The average Bonchev–Trinajstić information content (AvgIpc) is 0.773. The van der Waals surface area contributed by atoms with E-state index in [0.29, 0.717) is 100 Å². The number of rotatable bonds is 34. The van der Waals surface area contributed by atoms with Gasteiger partial charge in [0.2, 0.25) is 11.6 Å². The highest BCUT2D eigenvalue weighted by Crippen LogP contribution is 2.32. The summed E-state index contributed by atoms with van der Waals surface area (Å²) < 4.78 is 135. The number of amides is 2. The van der Waals surface area contributed by atoms with Crippen molar-refractivity contribution < 1.29 is 128 Å². The number of urea groups is 1. The van der Waals surface area contributed by atoms with Crippen LogP contribution in [-0.4, -0.2) is 320 Å². The number of carbonyl (C=O) groups is 3. The van der Waals surface area contributed by atoms with Crippen LogP contribution in [0.5, 0.6) is 0 Å². The highest BCUT2D eigenvalue weighted by atomic mass is 32.2. The van der Waals surface area contributed by atoms with Crippen molar-refractivity contribution in [2.24, 2.45) is 10.2 Å². The standard InChI is InChI=1S/C41H28N6O15S4.4C6H15NO3/c48-39-33-11-7-27(15-25(33)19-35(65(57,58)59)37(39)46-44-29-5-1-23-17-31(63(51,52)53)9-3-21(23)13-29)42-41(50)43-28-8-12-34-26(16-28)20-36(66(60,61)62)38(40(34)49)47-45-30-6-2-24-18-32(64(54,55)56)10-4-22(24)14-30;4*8-4-1-7(2-5-9)3-6-10/h1-20,44-45H,(H2,42,43,50)(H,51,52,53)(H,54,55,56)(H,57,58,59)(H,60,61,62);4*8-10H,1-6H2/b46-37-,47-38-;;;;. The Morgan fingerprint density at radius 3 is 0.811 bits per heavy atom. The van der Waals surface area contributed by atoms with Crippen LogP contribution in [0.25, 0.3) is 33.7 Å². The molecule has 584 valence electrons. The quantitative estimate of drug-likeness (QED) is 0.0170. The third-order valence-corrected chi connectivity index (χ3v) is 18.4. The molecule has 106 heavy (non-hydrogen) atoms. The fourth-order valence-electron chi connectivity index (χ4n) is 9.92. The highest BCUT2D eigenvalue weighted by Gasteiger charge is 2.35. The number of nitrogens with one attached hydrogen (secondary N) is 4. The lowest BCUT2D eigenvalue weighted by Gasteiger charge is -2.18. The van der Waals surface area contributed by atoms with Crippen molar-refractivity contribution >= 4 is 126 Å². The van der Waals surface area contributed by atoms with E-state index in [1.165, 1.54) is 109 Å². The molecule has 41 heteroatoms. The monoisotopic (exact) mass is 1570 g/mol. The first-order chi connectivity index (χ1) is 50.3. The van der Waals surface area contributed by atoms with Gasteiger partial charge in [0.1, 0.15) is 9.81 Å². The molecular weight excluding hydrogens is 1480 g/mol. The predicted molar refractivity (Wildman–Crippen MR) is 394 cm³/mol. The van der Waals surface area contributed by atoms with Gasteiger partial charge in [0.25, 0.3) is 40.5 Å². The molecule has 0 aliphatic heterocycles. The fraction of sp³-hybridized carbons (Fsp3) is 0.369. The van der Waals surface area contributed by atoms with Crippen molar-refractivity contribution in [3.63, 3.8) is 0 Å². The molecule has 0 heterocycles. The molecule has 37 nitrogen and oxygen atoms in total. The minimum Gasteiger partial charge on any atom is -0.395 e. The van der Waals surface area contributed by atoms with E-state index in [1.54, 1.807) is 19.6 Å². The maximum atomic E-state index is 13.6. The molecule has 8 rings (SSSR count). The molecule has 2 aliphatic rings. The first kappa shape index (κ1) is 90.3. The Balaban J connectivity index is 0.000000480. The Bertz CT molecular complexity index is 4140. The molecule has 0 saturated heterocycles. The van der Waals surface area contributed by atoms with Gasteiger partial charge in [-0.3, -0.25) is 58.3 Å². The van der Waals surface area contributed by atoms with E-state index in [1.807, 2.05) is 0 Å². The first-order valence-corrected chi connectivity index (χ1v) is 37.8. The summed E-state index contributed by atoms with van der Waals surface area (Å²) in [5.41, 5.74) is 4.15. The molecule has 0 aromatic heterocycles. The largest absolute Gasteiger partial charge is 0.395 e. The van der Waals surface area contributed by atoms with Crippen molar-refractivity contribution in [2.45, 2.75) is 9.79 Å². The van der Waals surface area contributed by atoms with Gasteiger partial charge in [-0.05, 0) is 130 Å². The van der Waals surface area contributed by atoms with Crippen LogP contribution in [0.4, 0.5) is 27.5 Å². The molecule has 6 aromatic carbocycles. The summed E-state index contributed by atoms with van der Waals surface area (Å²) in [6, 6.07) is 23.2. The van der Waals surface area contributed by atoms with E-state index in [4.69, 9.17) is 61.3 Å². The van der Waals surface area contributed by atoms with E-state index >= 15 is 0 Å². The van der Waals surface area contributed by atoms with Crippen LogP contribution in [0.3, 0.4) is 0 Å². The lowest BCUT2D eigenvalue weighted by atomic mass is 9.94. The number of hydrogen-bond acceptors (Lipinski definition) is 31. The minimum atomic E-state index is -5.07. The Kier molecular flexibility index (Phi) is 38.2. The second-order valence-corrected chi connectivity index (χ2v) is 28.0. The van der Waals surface area contributed by atoms with Gasteiger partial charge in [-0.25, -0.2) is 4.79 Å². The number of aliphatic hydroxyl groups is 12. The van der Waals surface area contributed by atoms with Crippen molar-refractivity contribution in [3.05, 3.63) is 141 Å². The normalized spacial score (nSPS) is 13.7. The molecule has 2 aliphatic carbocycles. The fourth-order valence-corrected chi connectivity index (χ4v) is 12.3. The zero-order valence-electron chi connectivity index (χ0n) is 57.0. The van der Waals surface area contributed by atoms with Crippen LogP contribution in [0.1, 0.15) is 31.8 Å². The predicted octanol–water partition coefficient (Wildman–Crippen LogP) is -1.02. The molecule has 0 spiro atoms. The summed E-state index contributed by atoms with van der Waals surface area (Å²) in [4.78, 5) is 45.0. The zero-order valence-corrected chi connectivity index (χ0v) is 60.2. The Morgan fingerprint density at radius 1 is 0.321 bits per heavy atom. The van der Waals surface area contributed by atoms with Gasteiger partial charge in [0, 0.05) is 101 Å². The number of ketones is 2. The number of hydrogen-bond donors (Lipinski definition) is 20. The van der Waals surface area contributed by atoms with Crippen LogP contribution >= 0.6 is 0 Å². The summed E-state index contributed by atoms with van der Waals surface area (Å²) in [6.07, 6.45) is 1.93. The van der Waals surface area contributed by atoms with Gasteiger partial charge in [0.05, 0.1) is 100 Å². The molecule has 0 radical (unpaired) electrons. The SMILES string of the molecule is O=C(Nc1ccc2c(c1)C=C(S(=O)(=O)O)/C(=N/Nc1ccc3cc(S(=O)(=O)O)ccc3c1)C2=O)Nc1ccc2c(c1)C=C(S(=O)(=O)O)/C(=N/Nc1ccc3cc(S(=O)(=O)O)ccc3c1)C2=O.OCCN(CCO)CCO.OCCN(CCO)CCO.OCCN(CCO)CCO.OCCN(CCO)CCO. The second-order valence-electron chi connectivity index (χ2n) is 22.4. The van der Waals surface area contributed by atoms with E-state index in [2.05, 4.69) is 31.7 Å². The lowest BCUT2D eigenvalue weighted by molar-refractivity contribution is 0.105. The van der Waals surface area contributed by atoms with Crippen molar-refractivity contribution in [2.75, 3.05) is 179 Å². The molecular formula is C65H88N10O27S4. The molecule has 20 N–H and O–H groups in total. The van der Waals surface area contributed by atoms with Gasteiger partial charge in [0.15, 0.2) is 11.4 Å². The van der Waals surface area contributed by atoms with Gasteiger partial charge < -0.3 is 71.9 Å². The number of aliphatic hydroxyl groups excluding tert-OH is 12. The van der Waals surface area contributed by atoms with E-state index in [0.717, 1.165) is 12.2 Å². The molecule has 2 amide bonds. The zero-order chi connectivity index (χ0) is 78.8. The van der Waals surface area contributed by atoms with Crippen LogP contribution in [0.15, 0.2) is 139 Å². The summed E-state index contributed by atoms with van der Waals surface area (Å²) in [6.45, 7) is 7.01. The summed E-state index contributed by atoms with van der Waals surface area (Å²) in [5, 5.41) is 117. The number of hydrazone groups is 2. The molecule has 0 fully saturated rings. The number of Topliss-reactive ketones (excluding diaryl/α,β-unsaturated/α-hetero) is 2. The van der Waals surface area contributed by atoms with Gasteiger partial charge >= 0.3 is 6.03 Å². The number of allylic oxidation sites excluding steroid dienone is 2. The van der Waals surface area contributed by atoms with Crippen molar-refractivity contribution in [1.29, 1.82) is 0 Å².